The summed E-state index contributed by atoms with van der Waals surface area (Å²) >= 11 is 0. The van der Waals surface area contributed by atoms with E-state index in [4.69, 9.17) is 5.26 Å². The van der Waals surface area contributed by atoms with Crippen LogP contribution in [0.1, 0.15) is 39.5 Å². The van der Waals surface area contributed by atoms with Crippen LogP contribution in [0.2, 0.25) is 0 Å². The van der Waals surface area contributed by atoms with Crippen LogP contribution in [-0.4, -0.2) is 0 Å². The Kier molecular flexibility index (Phi) is 2.93. The van der Waals surface area contributed by atoms with Gasteiger partial charge in [0.1, 0.15) is 0 Å². The van der Waals surface area contributed by atoms with E-state index < -0.39 is 0 Å². The van der Waals surface area contributed by atoms with Crippen molar-refractivity contribution in [3.63, 3.8) is 0 Å². The monoisotopic (exact) mass is 151 g/mol. The number of nitriles is 1. The molecule has 0 aromatic heterocycles. The summed E-state index contributed by atoms with van der Waals surface area (Å²) < 4.78 is 0. The third kappa shape index (κ3) is 1.74. The first-order valence-electron chi connectivity index (χ1n) is 4.69. The summed E-state index contributed by atoms with van der Waals surface area (Å²) in [7, 11) is 0. The number of hydrogen-bond donors (Lipinski definition) is 0. The highest BCUT2D eigenvalue weighted by Gasteiger charge is 2.28. The third-order valence-corrected chi connectivity index (χ3v) is 3.03. The molecule has 1 heteroatoms. The lowest BCUT2D eigenvalue weighted by atomic mass is 9.72. The molecule has 1 aliphatic rings. The summed E-state index contributed by atoms with van der Waals surface area (Å²) in [6, 6.07) is 2.45. The Morgan fingerprint density at radius 1 is 1.45 bits per heavy atom. The molecule has 0 radical (unpaired) electrons. The molecule has 3 unspecified atom stereocenters. The molecule has 62 valence electrons. The third-order valence-electron chi connectivity index (χ3n) is 3.03. The number of nitrogens with zero attached hydrogens (tertiary/aromatic N) is 1. The van der Waals surface area contributed by atoms with E-state index in [1.165, 1.54) is 25.7 Å². The lowest BCUT2D eigenvalue weighted by molar-refractivity contribution is 0.210. The van der Waals surface area contributed by atoms with E-state index in [0.29, 0.717) is 17.8 Å². The van der Waals surface area contributed by atoms with Crippen molar-refractivity contribution in [3.8, 4) is 6.07 Å². The summed E-state index contributed by atoms with van der Waals surface area (Å²) in [5.41, 5.74) is 0. The summed E-state index contributed by atoms with van der Waals surface area (Å²) in [5.74, 6) is 1.66. The average Bonchev–Trinajstić information content (AvgIpc) is 2.04. The Labute approximate surface area is 69.4 Å². The van der Waals surface area contributed by atoms with Gasteiger partial charge in [-0.25, -0.2) is 0 Å². The molecule has 1 aliphatic carbocycles. The summed E-state index contributed by atoms with van der Waals surface area (Å²) in [4.78, 5) is 0. The molecule has 3 atom stereocenters. The maximum atomic E-state index is 8.91. The molecule has 0 amide bonds. The van der Waals surface area contributed by atoms with Gasteiger partial charge in [-0.05, 0) is 24.7 Å². The van der Waals surface area contributed by atoms with E-state index >= 15 is 0 Å². The van der Waals surface area contributed by atoms with Crippen molar-refractivity contribution >= 4 is 0 Å². The Morgan fingerprint density at radius 2 is 2.18 bits per heavy atom. The van der Waals surface area contributed by atoms with E-state index in [0.717, 1.165) is 0 Å². The zero-order valence-corrected chi connectivity index (χ0v) is 7.51. The predicted octanol–water partition coefficient (Wildman–Crippen LogP) is 2.97. The summed E-state index contributed by atoms with van der Waals surface area (Å²) in [6.07, 6.45) is 5.05. The van der Waals surface area contributed by atoms with Gasteiger partial charge in [-0.1, -0.05) is 26.7 Å². The van der Waals surface area contributed by atoms with Crippen molar-refractivity contribution in [1.82, 2.24) is 0 Å². The van der Waals surface area contributed by atoms with Gasteiger partial charge in [-0.2, -0.15) is 5.26 Å². The molecule has 0 aromatic rings. The van der Waals surface area contributed by atoms with Gasteiger partial charge in [0.25, 0.3) is 0 Å². The molecule has 0 aromatic carbocycles. The molecular formula is C10H17N. The second kappa shape index (κ2) is 3.76. The first-order chi connectivity index (χ1) is 5.29. The first-order valence-corrected chi connectivity index (χ1v) is 4.69. The molecule has 0 saturated heterocycles. The van der Waals surface area contributed by atoms with Crippen LogP contribution in [0.4, 0.5) is 0 Å². The van der Waals surface area contributed by atoms with Crippen LogP contribution in [0.3, 0.4) is 0 Å². The van der Waals surface area contributed by atoms with Crippen LogP contribution in [0.25, 0.3) is 0 Å². The quantitative estimate of drug-likeness (QED) is 0.565. The largest absolute Gasteiger partial charge is 0.198 e. The van der Waals surface area contributed by atoms with Crippen molar-refractivity contribution < 1.29 is 0 Å². The molecular weight excluding hydrogens is 134 g/mol. The standard InChI is InChI=1S/C10H17N/c1-3-9-6-4-5-8(2)10(9)7-11/h8-10H,3-6H2,1-2H3. The summed E-state index contributed by atoms with van der Waals surface area (Å²) in [6.45, 7) is 4.42. The van der Waals surface area contributed by atoms with Crippen LogP contribution in [0.15, 0.2) is 0 Å². The van der Waals surface area contributed by atoms with Gasteiger partial charge in [-0.15, -0.1) is 0 Å². The maximum Gasteiger partial charge on any atom is 0.0661 e. The zero-order valence-electron chi connectivity index (χ0n) is 7.51. The van der Waals surface area contributed by atoms with Crippen molar-refractivity contribution in [2.24, 2.45) is 17.8 Å². The van der Waals surface area contributed by atoms with Gasteiger partial charge < -0.3 is 0 Å². The molecule has 0 N–H and O–H groups in total. The van der Waals surface area contributed by atoms with E-state index in [2.05, 4.69) is 19.9 Å². The average molecular weight is 151 g/mol. The molecule has 0 bridgehead atoms. The smallest absolute Gasteiger partial charge is 0.0661 e. The lowest BCUT2D eigenvalue weighted by Crippen LogP contribution is -2.24. The fourth-order valence-corrected chi connectivity index (χ4v) is 2.22. The van der Waals surface area contributed by atoms with E-state index in [-0.39, 0.29) is 0 Å². The fourth-order valence-electron chi connectivity index (χ4n) is 2.22. The Bertz CT molecular complexity index is 157. The minimum atomic E-state index is 0.341. The van der Waals surface area contributed by atoms with Gasteiger partial charge in [0.2, 0.25) is 0 Å². The molecule has 1 saturated carbocycles. The second-order valence-electron chi connectivity index (χ2n) is 3.73. The van der Waals surface area contributed by atoms with Crippen LogP contribution in [0.5, 0.6) is 0 Å². The van der Waals surface area contributed by atoms with Gasteiger partial charge >= 0.3 is 0 Å². The SMILES string of the molecule is CCC1CCCC(C)C1C#N. The van der Waals surface area contributed by atoms with Crippen molar-refractivity contribution in [1.29, 1.82) is 5.26 Å². The van der Waals surface area contributed by atoms with Crippen LogP contribution < -0.4 is 0 Å². The Morgan fingerprint density at radius 3 is 2.64 bits per heavy atom. The second-order valence-corrected chi connectivity index (χ2v) is 3.73. The normalized spacial score (nSPS) is 38.1. The molecule has 0 heterocycles. The number of hydrogen-bond acceptors (Lipinski definition) is 1. The molecule has 1 fully saturated rings. The van der Waals surface area contributed by atoms with Crippen molar-refractivity contribution in [2.75, 3.05) is 0 Å². The van der Waals surface area contributed by atoms with E-state index in [9.17, 15) is 0 Å². The molecule has 0 aliphatic heterocycles. The molecule has 1 nitrogen and oxygen atoms in total. The minimum Gasteiger partial charge on any atom is -0.198 e. The Hall–Kier alpha value is -0.510. The zero-order chi connectivity index (χ0) is 8.27. The van der Waals surface area contributed by atoms with Crippen LogP contribution >= 0.6 is 0 Å². The van der Waals surface area contributed by atoms with Crippen molar-refractivity contribution in [3.05, 3.63) is 0 Å². The van der Waals surface area contributed by atoms with E-state index in [1.807, 2.05) is 0 Å². The Balaban J connectivity index is 2.57. The topological polar surface area (TPSA) is 23.8 Å². The van der Waals surface area contributed by atoms with Gasteiger partial charge in [0, 0.05) is 0 Å². The number of rotatable bonds is 1. The van der Waals surface area contributed by atoms with Gasteiger partial charge in [0.15, 0.2) is 0 Å². The van der Waals surface area contributed by atoms with Gasteiger partial charge in [0.05, 0.1) is 12.0 Å². The highest BCUT2D eigenvalue weighted by Crippen LogP contribution is 2.35. The fraction of sp³-hybridized carbons (Fsp3) is 0.900. The lowest BCUT2D eigenvalue weighted by Gasteiger charge is -2.31. The van der Waals surface area contributed by atoms with Crippen LogP contribution in [-0.2, 0) is 0 Å². The highest BCUT2D eigenvalue weighted by molar-refractivity contribution is 4.93. The van der Waals surface area contributed by atoms with Crippen molar-refractivity contribution in [2.45, 2.75) is 39.5 Å². The minimum absolute atomic E-state index is 0.341. The molecule has 0 spiro atoms. The van der Waals surface area contributed by atoms with E-state index in [1.54, 1.807) is 0 Å². The first kappa shape index (κ1) is 8.59. The predicted molar refractivity (Wildman–Crippen MR) is 45.9 cm³/mol. The van der Waals surface area contributed by atoms with Gasteiger partial charge in [-0.3, -0.25) is 0 Å². The maximum absolute atomic E-state index is 8.91. The highest BCUT2D eigenvalue weighted by atomic mass is 14.4. The molecule has 11 heavy (non-hydrogen) atoms. The molecule has 1 rings (SSSR count). The summed E-state index contributed by atoms with van der Waals surface area (Å²) in [5, 5.41) is 8.91. The van der Waals surface area contributed by atoms with Crippen LogP contribution in [0, 0.1) is 29.1 Å².